The predicted octanol–water partition coefficient (Wildman–Crippen LogP) is 4.38. The van der Waals surface area contributed by atoms with Crippen molar-refractivity contribution >= 4 is 5.69 Å². The van der Waals surface area contributed by atoms with Crippen LogP contribution in [-0.4, -0.2) is 48.4 Å². The van der Waals surface area contributed by atoms with Crippen LogP contribution in [0.4, 0.5) is 5.69 Å². The molecule has 27 heavy (non-hydrogen) atoms. The largest absolute Gasteiger partial charge is 0.374 e. The molecule has 1 aliphatic rings. The van der Waals surface area contributed by atoms with Crippen molar-refractivity contribution in [2.75, 3.05) is 38.6 Å². The molecule has 140 valence electrons. The van der Waals surface area contributed by atoms with Crippen molar-refractivity contribution in [1.82, 2.24) is 14.7 Å². The molecule has 2 aromatic carbocycles. The van der Waals surface area contributed by atoms with E-state index in [1.165, 1.54) is 48.4 Å². The molecule has 0 atom stereocenters. The minimum Gasteiger partial charge on any atom is -0.374 e. The summed E-state index contributed by atoms with van der Waals surface area (Å²) in [6, 6.07) is 21.2. The molecular weight excluding hydrogens is 332 g/mol. The molecule has 0 N–H and O–H groups in total. The van der Waals surface area contributed by atoms with Gasteiger partial charge in [-0.05, 0) is 25.9 Å². The van der Waals surface area contributed by atoms with E-state index in [0.717, 1.165) is 18.8 Å². The van der Waals surface area contributed by atoms with Crippen molar-refractivity contribution < 1.29 is 0 Å². The summed E-state index contributed by atoms with van der Waals surface area (Å²) in [4.78, 5) is 4.75. The van der Waals surface area contributed by atoms with Crippen LogP contribution < -0.4 is 4.90 Å². The molecule has 1 saturated heterocycles. The van der Waals surface area contributed by atoms with Gasteiger partial charge in [0.15, 0.2) is 0 Å². The summed E-state index contributed by atoms with van der Waals surface area (Å²) in [6.07, 6.45) is 2.64. The molecule has 0 saturated carbocycles. The minimum absolute atomic E-state index is 0.915. The monoisotopic (exact) mass is 360 g/mol. The Balaban J connectivity index is 1.80. The Bertz CT molecular complexity index is 862. The van der Waals surface area contributed by atoms with Gasteiger partial charge in [-0.15, -0.1) is 0 Å². The minimum atomic E-state index is 0.915. The number of hydrogen-bond donors (Lipinski definition) is 0. The second kappa shape index (κ2) is 7.97. The van der Waals surface area contributed by atoms with Gasteiger partial charge in [0.1, 0.15) is 5.69 Å². The van der Waals surface area contributed by atoms with Crippen molar-refractivity contribution in [3.05, 3.63) is 60.7 Å². The first-order chi connectivity index (χ1) is 13.2. The fraction of sp³-hybridized carbons (Fsp3) is 0.348. The zero-order chi connectivity index (χ0) is 18.6. The number of benzene rings is 2. The Morgan fingerprint density at radius 2 is 1.41 bits per heavy atom. The molecule has 4 nitrogen and oxygen atoms in total. The normalized spacial score (nSPS) is 14.6. The van der Waals surface area contributed by atoms with E-state index in [1.807, 2.05) is 0 Å². The number of nitrogens with zero attached hydrogens (tertiary/aromatic N) is 4. The van der Waals surface area contributed by atoms with E-state index in [1.54, 1.807) is 0 Å². The van der Waals surface area contributed by atoms with Gasteiger partial charge in [0, 0.05) is 31.8 Å². The molecule has 2 heterocycles. The van der Waals surface area contributed by atoms with Gasteiger partial charge < -0.3 is 9.80 Å². The molecule has 1 fully saturated rings. The summed E-state index contributed by atoms with van der Waals surface area (Å²) in [7, 11) is 4.22. The lowest BCUT2D eigenvalue weighted by molar-refractivity contribution is 0.317. The zero-order valence-corrected chi connectivity index (χ0v) is 16.3. The number of likely N-dealkylation sites (tertiary alicyclic amines) is 1. The SMILES string of the molecule is CN(C)c1c(-c2ccccc2)nn(CCN2CCCC2)c1-c1ccccc1. The van der Waals surface area contributed by atoms with Gasteiger partial charge in [0.2, 0.25) is 0 Å². The first kappa shape index (κ1) is 17.8. The molecule has 0 aliphatic carbocycles. The third-order valence-electron chi connectivity index (χ3n) is 5.30. The van der Waals surface area contributed by atoms with Gasteiger partial charge in [0.05, 0.1) is 17.9 Å². The maximum Gasteiger partial charge on any atom is 0.116 e. The first-order valence-electron chi connectivity index (χ1n) is 9.85. The molecule has 4 heteroatoms. The van der Waals surface area contributed by atoms with E-state index in [9.17, 15) is 0 Å². The quantitative estimate of drug-likeness (QED) is 0.652. The first-order valence-corrected chi connectivity index (χ1v) is 9.85. The lowest BCUT2D eigenvalue weighted by Gasteiger charge is -2.18. The molecule has 1 aliphatic heterocycles. The van der Waals surface area contributed by atoms with Crippen LogP contribution in [0.2, 0.25) is 0 Å². The third kappa shape index (κ3) is 3.76. The standard InChI is InChI=1S/C23H28N4/c1-25(2)23-21(19-11-5-3-6-12-19)24-27(18-17-26-15-9-10-16-26)22(23)20-13-7-4-8-14-20/h3-8,11-14H,9-10,15-18H2,1-2H3. The zero-order valence-electron chi connectivity index (χ0n) is 16.3. The van der Waals surface area contributed by atoms with Gasteiger partial charge in [-0.1, -0.05) is 60.7 Å². The van der Waals surface area contributed by atoms with Crippen LogP contribution in [0.3, 0.4) is 0 Å². The van der Waals surface area contributed by atoms with Crippen molar-refractivity contribution in [2.24, 2.45) is 0 Å². The van der Waals surface area contributed by atoms with E-state index in [0.29, 0.717) is 0 Å². The molecule has 0 unspecified atom stereocenters. The topological polar surface area (TPSA) is 24.3 Å². The predicted molar refractivity (Wildman–Crippen MR) is 113 cm³/mol. The second-order valence-electron chi connectivity index (χ2n) is 7.44. The number of rotatable bonds is 6. The van der Waals surface area contributed by atoms with Crippen LogP contribution in [0.1, 0.15) is 12.8 Å². The lowest BCUT2D eigenvalue weighted by atomic mass is 10.1. The Kier molecular flexibility index (Phi) is 5.26. The van der Waals surface area contributed by atoms with Crippen LogP contribution in [0.5, 0.6) is 0 Å². The Labute approximate surface area is 162 Å². The van der Waals surface area contributed by atoms with Gasteiger partial charge in [-0.2, -0.15) is 5.10 Å². The maximum atomic E-state index is 5.09. The fourth-order valence-electron chi connectivity index (χ4n) is 3.95. The second-order valence-corrected chi connectivity index (χ2v) is 7.44. The van der Waals surface area contributed by atoms with E-state index in [-0.39, 0.29) is 0 Å². The van der Waals surface area contributed by atoms with Crippen LogP contribution >= 0.6 is 0 Å². The van der Waals surface area contributed by atoms with Gasteiger partial charge >= 0.3 is 0 Å². The summed E-state index contributed by atoms with van der Waals surface area (Å²) < 4.78 is 2.21. The molecule has 1 aromatic heterocycles. The highest BCUT2D eigenvalue weighted by Gasteiger charge is 2.22. The number of aromatic nitrogens is 2. The number of anilines is 1. The van der Waals surface area contributed by atoms with Gasteiger partial charge in [0.25, 0.3) is 0 Å². The third-order valence-corrected chi connectivity index (χ3v) is 5.30. The van der Waals surface area contributed by atoms with Crippen LogP contribution in [0.15, 0.2) is 60.7 Å². The fourth-order valence-corrected chi connectivity index (χ4v) is 3.95. The smallest absolute Gasteiger partial charge is 0.116 e. The van der Waals surface area contributed by atoms with Crippen LogP contribution in [-0.2, 0) is 6.54 Å². The average molecular weight is 361 g/mol. The summed E-state index contributed by atoms with van der Waals surface area (Å²) in [6.45, 7) is 4.41. The van der Waals surface area contributed by atoms with E-state index in [4.69, 9.17) is 5.10 Å². The molecular formula is C23H28N4. The molecule has 0 radical (unpaired) electrons. The highest BCUT2D eigenvalue weighted by Crippen LogP contribution is 2.38. The Morgan fingerprint density at radius 1 is 0.815 bits per heavy atom. The summed E-state index contributed by atoms with van der Waals surface area (Å²) in [5, 5.41) is 5.09. The highest BCUT2D eigenvalue weighted by molar-refractivity contribution is 5.87. The van der Waals surface area contributed by atoms with Crippen molar-refractivity contribution in [1.29, 1.82) is 0 Å². The maximum absolute atomic E-state index is 5.09. The van der Waals surface area contributed by atoms with Crippen LogP contribution in [0.25, 0.3) is 22.5 Å². The summed E-state index contributed by atoms with van der Waals surface area (Å²) >= 11 is 0. The van der Waals surface area contributed by atoms with Gasteiger partial charge in [-0.25, -0.2) is 0 Å². The average Bonchev–Trinajstić information content (AvgIpc) is 3.35. The summed E-state index contributed by atoms with van der Waals surface area (Å²) in [5.74, 6) is 0. The van der Waals surface area contributed by atoms with E-state index >= 15 is 0 Å². The molecule has 3 aromatic rings. The van der Waals surface area contributed by atoms with Crippen molar-refractivity contribution in [3.8, 4) is 22.5 Å². The van der Waals surface area contributed by atoms with Crippen molar-refractivity contribution in [2.45, 2.75) is 19.4 Å². The van der Waals surface area contributed by atoms with Crippen molar-refractivity contribution in [3.63, 3.8) is 0 Å². The molecule has 4 rings (SSSR count). The van der Waals surface area contributed by atoms with E-state index < -0.39 is 0 Å². The van der Waals surface area contributed by atoms with Gasteiger partial charge in [-0.3, -0.25) is 4.68 Å². The molecule has 0 bridgehead atoms. The van der Waals surface area contributed by atoms with E-state index in [2.05, 4.69) is 89.2 Å². The lowest BCUT2D eigenvalue weighted by Crippen LogP contribution is -2.24. The number of hydrogen-bond acceptors (Lipinski definition) is 3. The highest BCUT2D eigenvalue weighted by atomic mass is 15.3. The van der Waals surface area contributed by atoms with Crippen LogP contribution in [0, 0.1) is 0 Å². The molecule has 0 amide bonds. The Morgan fingerprint density at radius 3 is 2.00 bits per heavy atom. The summed E-state index contributed by atoms with van der Waals surface area (Å²) in [5.41, 5.74) is 5.84. The Hall–Kier alpha value is -2.59. The molecule has 0 spiro atoms.